The summed E-state index contributed by atoms with van der Waals surface area (Å²) in [5, 5.41) is 8.49. The van der Waals surface area contributed by atoms with Crippen LogP contribution in [0.4, 0.5) is 0 Å². The summed E-state index contributed by atoms with van der Waals surface area (Å²) in [5.74, 6) is -0.163. The highest BCUT2D eigenvalue weighted by Gasteiger charge is 2.08. The van der Waals surface area contributed by atoms with Crippen LogP contribution in [0.3, 0.4) is 0 Å². The van der Waals surface area contributed by atoms with Crippen molar-refractivity contribution in [3.63, 3.8) is 0 Å². The summed E-state index contributed by atoms with van der Waals surface area (Å²) >= 11 is 0. The number of hydrogen-bond acceptors (Lipinski definition) is 3. The zero-order chi connectivity index (χ0) is 9.84. The van der Waals surface area contributed by atoms with E-state index in [-0.39, 0.29) is 5.91 Å². The molecular formula is C9H9N3O. The first-order chi connectivity index (χ1) is 6.15. The van der Waals surface area contributed by atoms with E-state index in [1.165, 1.54) is 11.1 Å². The van der Waals surface area contributed by atoms with Crippen LogP contribution in [0, 0.1) is 11.3 Å². The topological polar surface area (TPSA) is 57.0 Å². The molecule has 4 heteroatoms. The predicted molar refractivity (Wildman–Crippen MR) is 47.0 cm³/mol. The first kappa shape index (κ1) is 9.20. The third-order valence-corrected chi connectivity index (χ3v) is 1.52. The Labute approximate surface area is 76.4 Å². The number of amides is 1. The number of nitriles is 1. The fraction of sp³-hybridized carbons (Fsp3) is 0.222. The molecule has 1 aromatic rings. The third-order valence-electron chi connectivity index (χ3n) is 1.52. The molecule has 0 unspecified atom stereocenters. The summed E-state index contributed by atoms with van der Waals surface area (Å²) in [6.45, 7) is 0. The Morgan fingerprint density at radius 3 is 2.62 bits per heavy atom. The van der Waals surface area contributed by atoms with Gasteiger partial charge in [0.05, 0.1) is 5.56 Å². The molecule has 0 saturated carbocycles. The lowest BCUT2D eigenvalue weighted by molar-refractivity contribution is 0.0822. The molecule has 0 aromatic carbocycles. The van der Waals surface area contributed by atoms with Gasteiger partial charge in [-0.1, -0.05) is 0 Å². The quantitative estimate of drug-likeness (QED) is 0.629. The van der Waals surface area contributed by atoms with Crippen LogP contribution in [0.2, 0.25) is 0 Å². The largest absolute Gasteiger partial charge is 0.343 e. The van der Waals surface area contributed by atoms with E-state index in [0.717, 1.165) is 0 Å². The summed E-state index contributed by atoms with van der Waals surface area (Å²) < 4.78 is 0. The molecule has 0 bridgehead atoms. The molecule has 1 rings (SSSR count). The third kappa shape index (κ3) is 2.03. The van der Waals surface area contributed by atoms with Crippen molar-refractivity contribution in [3.05, 3.63) is 29.6 Å². The molecule has 0 radical (unpaired) electrons. The van der Waals surface area contributed by atoms with Crippen LogP contribution in [-0.2, 0) is 0 Å². The van der Waals surface area contributed by atoms with Gasteiger partial charge in [0.15, 0.2) is 0 Å². The van der Waals surface area contributed by atoms with Gasteiger partial charge in [0, 0.05) is 20.3 Å². The Morgan fingerprint density at radius 2 is 2.23 bits per heavy atom. The van der Waals surface area contributed by atoms with Crippen LogP contribution in [0.15, 0.2) is 18.3 Å². The number of pyridine rings is 1. The van der Waals surface area contributed by atoms with E-state index < -0.39 is 0 Å². The van der Waals surface area contributed by atoms with E-state index in [0.29, 0.717) is 11.3 Å². The van der Waals surface area contributed by atoms with Crippen molar-refractivity contribution in [2.45, 2.75) is 0 Å². The number of rotatable bonds is 1. The number of carbonyl (C=O) groups is 1. The molecular weight excluding hydrogens is 166 g/mol. The highest BCUT2D eigenvalue weighted by Crippen LogP contribution is 2.00. The minimum Gasteiger partial charge on any atom is -0.343 e. The Hall–Kier alpha value is -1.89. The number of aromatic nitrogens is 1. The smallest absolute Gasteiger partial charge is 0.271 e. The van der Waals surface area contributed by atoms with E-state index in [4.69, 9.17) is 5.26 Å². The summed E-state index contributed by atoms with van der Waals surface area (Å²) in [6, 6.07) is 5.05. The second-order valence-electron chi connectivity index (χ2n) is 2.74. The van der Waals surface area contributed by atoms with Crippen LogP contribution in [-0.4, -0.2) is 29.9 Å². The van der Waals surface area contributed by atoms with E-state index in [2.05, 4.69) is 4.98 Å². The van der Waals surface area contributed by atoms with Crippen molar-refractivity contribution in [2.75, 3.05) is 14.1 Å². The molecule has 0 atom stereocenters. The average Bonchev–Trinajstić information content (AvgIpc) is 2.17. The maximum atomic E-state index is 11.3. The van der Waals surface area contributed by atoms with Gasteiger partial charge >= 0.3 is 0 Å². The number of nitrogens with zero attached hydrogens (tertiary/aromatic N) is 3. The van der Waals surface area contributed by atoms with E-state index in [1.807, 2.05) is 6.07 Å². The molecule has 0 aliphatic heterocycles. The fourth-order valence-electron chi connectivity index (χ4n) is 0.816. The van der Waals surface area contributed by atoms with Gasteiger partial charge < -0.3 is 4.90 Å². The molecule has 0 spiro atoms. The molecule has 1 amide bonds. The van der Waals surface area contributed by atoms with Gasteiger partial charge in [0.2, 0.25) is 0 Å². The monoisotopic (exact) mass is 175 g/mol. The molecule has 4 nitrogen and oxygen atoms in total. The fourth-order valence-corrected chi connectivity index (χ4v) is 0.816. The lowest BCUT2D eigenvalue weighted by atomic mass is 10.2. The molecule has 66 valence electrons. The SMILES string of the molecule is CN(C)C(=O)c1ccc(C#N)cn1. The van der Waals surface area contributed by atoms with Crippen LogP contribution >= 0.6 is 0 Å². The van der Waals surface area contributed by atoms with Gasteiger partial charge in [-0.05, 0) is 12.1 Å². The highest BCUT2D eigenvalue weighted by atomic mass is 16.2. The first-order valence-corrected chi connectivity index (χ1v) is 3.73. The molecule has 0 N–H and O–H groups in total. The van der Waals surface area contributed by atoms with Crippen molar-refractivity contribution in [3.8, 4) is 6.07 Å². The Bertz CT molecular complexity index is 348. The van der Waals surface area contributed by atoms with Crippen LogP contribution in [0.5, 0.6) is 0 Å². The molecule has 0 saturated heterocycles. The summed E-state index contributed by atoms with van der Waals surface area (Å²) in [4.78, 5) is 16.6. The Kier molecular flexibility index (Phi) is 2.60. The van der Waals surface area contributed by atoms with Crippen molar-refractivity contribution in [1.29, 1.82) is 5.26 Å². The van der Waals surface area contributed by atoms with Gasteiger partial charge in [0.25, 0.3) is 5.91 Å². The maximum absolute atomic E-state index is 11.3. The Balaban J connectivity index is 2.94. The van der Waals surface area contributed by atoms with E-state index in [1.54, 1.807) is 26.2 Å². The van der Waals surface area contributed by atoms with Crippen molar-refractivity contribution in [2.24, 2.45) is 0 Å². The highest BCUT2D eigenvalue weighted by molar-refractivity contribution is 5.91. The summed E-state index contributed by atoms with van der Waals surface area (Å²) in [6.07, 6.45) is 1.39. The molecule has 1 aromatic heterocycles. The van der Waals surface area contributed by atoms with Crippen LogP contribution in [0.25, 0.3) is 0 Å². The predicted octanol–water partition coefficient (Wildman–Crippen LogP) is 0.655. The Morgan fingerprint density at radius 1 is 1.54 bits per heavy atom. The lowest BCUT2D eigenvalue weighted by Gasteiger charge is -2.08. The zero-order valence-corrected chi connectivity index (χ0v) is 7.48. The molecule has 13 heavy (non-hydrogen) atoms. The van der Waals surface area contributed by atoms with Gasteiger partial charge in [-0.3, -0.25) is 4.79 Å². The molecule has 0 aliphatic carbocycles. The standard InChI is InChI=1S/C9H9N3O/c1-12(2)9(13)8-4-3-7(5-10)6-11-8/h3-4,6H,1-2H3. The maximum Gasteiger partial charge on any atom is 0.271 e. The summed E-state index contributed by atoms with van der Waals surface area (Å²) in [5.41, 5.74) is 0.805. The molecule has 0 aliphatic rings. The summed E-state index contributed by atoms with van der Waals surface area (Å²) in [7, 11) is 3.31. The van der Waals surface area contributed by atoms with Gasteiger partial charge in [-0.2, -0.15) is 5.26 Å². The second kappa shape index (κ2) is 3.68. The number of carbonyl (C=O) groups excluding carboxylic acids is 1. The number of hydrogen-bond donors (Lipinski definition) is 0. The normalized spacial score (nSPS) is 9.00. The van der Waals surface area contributed by atoms with Gasteiger partial charge in [-0.25, -0.2) is 4.98 Å². The average molecular weight is 175 g/mol. The van der Waals surface area contributed by atoms with Crippen LogP contribution in [0.1, 0.15) is 16.1 Å². The lowest BCUT2D eigenvalue weighted by Crippen LogP contribution is -2.22. The van der Waals surface area contributed by atoms with Gasteiger partial charge in [0.1, 0.15) is 11.8 Å². The molecule has 0 fully saturated rings. The minimum atomic E-state index is -0.163. The second-order valence-corrected chi connectivity index (χ2v) is 2.74. The molecule has 1 heterocycles. The van der Waals surface area contributed by atoms with Gasteiger partial charge in [-0.15, -0.1) is 0 Å². The van der Waals surface area contributed by atoms with Crippen LogP contribution < -0.4 is 0 Å². The van der Waals surface area contributed by atoms with Crippen molar-refractivity contribution in [1.82, 2.24) is 9.88 Å². The first-order valence-electron chi connectivity index (χ1n) is 3.73. The van der Waals surface area contributed by atoms with Crippen molar-refractivity contribution < 1.29 is 4.79 Å². The zero-order valence-electron chi connectivity index (χ0n) is 7.48. The minimum absolute atomic E-state index is 0.163. The van der Waals surface area contributed by atoms with E-state index in [9.17, 15) is 4.79 Å². The van der Waals surface area contributed by atoms with Crippen molar-refractivity contribution >= 4 is 5.91 Å². The van der Waals surface area contributed by atoms with E-state index >= 15 is 0 Å².